The van der Waals surface area contributed by atoms with Crippen molar-refractivity contribution in [2.75, 3.05) is 13.2 Å². The molecule has 3 rings (SSSR count). The van der Waals surface area contributed by atoms with Crippen molar-refractivity contribution in [3.63, 3.8) is 0 Å². The standard InChI is InChI=1S/C22H28N2O5/c1-15-5-3-6-16(2)24(15)21(26)14-29-18-10-8-17(9-11-18)22(27)23-13-19(25)20-7-4-12-28-20/h4,7-12,15-16,19,25H,3,5-6,13-14H2,1-2H3,(H,23,27). The molecule has 1 saturated heterocycles. The summed E-state index contributed by atoms with van der Waals surface area (Å²) in [5.74, 6) is 0.603. The van der Waals surface area contributed by atoms with Crippen LogP contribution >= 0.6 is 0 Å². The molecule has 2 heterocycles. The summed E-state index contributed by atoms with van der Waals surface area (Å²) in [6.45, 7) is 4.18. The lowest BCUT2D eigenvalue weighted by Crippen LogP contribution is -2.49. The molecule has 156 valence electrons. The minimum absolute atomic E-state index is 0.0153. The third kappa shape index (κ3) is 5.38. The highest BCUT2D eigenvalue weighted by molar-refractivity contribution is 5.94. The van der Waals surface area contributed by atoms with Crippen LogP contribution in [-0.2, 0) is 4.79 Å². The number of furan rings is 1. The van der Waals surface area contributed by atoms with Crippen LogP contribution in [0.4, 0.5) is 0 Å². The first-order valence-electron chi connectivity index (χ1n) is 9.99. The monoisotopic (exact) mass is 400 g/mol. The van der Waals surface area contributed by atoms with Gasteiger partial charge < -0.3 is 24.5 Å². The van der Waals surface area contributed by atoms with Crippen LogP contribution in [0.15, 0.2) is 47.1 Å². The fraction of sp³-hybridized carbons (Fsp3) is 0.455. The van der Waals surface area contributed by atoms with Crippen molar-refractivity contribution in [2.24, 2.45) is 0 Å². The van der Waals surface area contributed by atoms with E-state index in [1.807, 2.05) is 4.90 Å². The van der Waals surface area contributed by atoms with Gasteiger partial charge in [0.1, 0.15) is 17.6 Å². The summed E-state index contributed by atoms with van der Waals surface area (Å²) < 4.78 is 10.7. The van der Waals surface area contributed by atoms with Crippen molar-refractivity contribution < 1.29 is 23.8 Å². The van der Waals surface area contributed by atoms with E-state index in [2.05, 4.69) is 19.2 Å². The Hall–Kier alpha value is -2.80. The highest BCUT2D eigenvalue weighted by Gasteiger charge is 2.29. The SMILES string of the molecule is CC1CCCC(C)N1C(=O)COc1ccc(C(=O)NCC(O)c2ccco2)cc1. The highest BCUT2D eigenvalue weighted by Crippen LogP contribution is 2.23. The summed E-state index contributed by atoms with van der Waals surface area (Å²) in [7, 11) is 0. The first-order chi connectivity index (χ1) is 14.0. The number of ether oxygens (including phenoxy) is 1. The average molecular weight is 400 g/mol. The number of nitrogens with zero attached hydrogens (tertiary/aromatic N) is 1. The number of likely N-dealkylation sites (tertiary alicyclic amines) is 1. The molecular weight excluding hydrogens is 372 g/mol. The van der Waals surface area contributed by atoms with E-state index in [-0.39, 0.29) is 37.0 Å². The first kappa shape index (κ1) is 20.9. The Morgan fingerprint density at radius 1 is 1.21 bits per heavy atom. The summed E-state index contributed by atoms with van der Waals surface area (Å²) in [5.41, 5.74) is 0.439. The number of aliphatic hydroxyl groups is 1. The Morgan fingerprint density at radius 2 is 1.90 bits per heavy atom. The maximum Gasteiger partial charge on any atom is 0.260 e. The molecule has 0 aliphatic carbocycles. The van der Waals surface area contributed by atoms with Crippen molar-refractivity contribution in [3.05, 3.63) is 54.0 Å². The summed E-state index contributed by atoms with van der Waals surface area (Å²) >= 11 is 0. The van der Waals surface area contributed by atoms with Gasteiger partial charge in [0.05, 0.1) is 12.8 Å². The molecule has 1 aromatic carbocycles. The molecule has 1 fully saturated rings. The van der Waals surface area contributed by atoms with Crippen LogP contribution in [0.5, 0.6) is 5.75 Å². The Balaban J connectivity index is 1.48. The van der Waals surface area contributed by atoms with Crippen LogP contribution in [0, 0.1) is 0 Å². The van der Waals surface area contributed by atoms with Gasteiger partial charge in [-0.2, -0.15) is 0 Å². The van der Waals surface area contributed by atoms with Gasteiger partial charge in [0.25, 0.3) is 11.8 Å². The second-order valence-electron chi connectivity index (χ2n) is 7.48. The largest absolute Gasteiger partial charge is 0.484 e. The molecule has 1 aliphatic rings. The zero-order chi connectivity index (χ0) is 20.8. The summed E-state index contributed by atoms with van der Waals surface area (Å²) in [6.07, 6.45) is 3.76. The summed E-state index contributed by atoms with van der Waals surface area (Å²) in [6, 6.07) is 10.4. The van der Waals surface area contributed by atoms with Gasteiger partial charge in [-0.05, 0) is 69.5 Å². The van der Waals surface area contributed by atoms with E-state index in [9.17, 15) is 14.7 Å². The van der Waals surface area contributed by atoms with Gasteiger partial charge in [0.2, 0.25) is 0 Å². The number of nitrogens with one attached hydrogen (secondary N) is 1. The van der Waals surface area contributed by atoms with E-state index in [4.69, 9.17) is 9.15 Å². The van der Waals surface area contributed by atoms with Crippen molar-refractivity contribution in [1.29, 1.82) is 0 Å². The van der Waals surface area contributed by atoms with Crippen LogP contribution in [0.2, 0.25) is 0 Å². The van der Waals surface area contributed by atoms with Gasteiger partial charge in [-0.15, -0.1) is 0 Å². The molecule has 2 N–H and O–H groups in total. The van der Waals surface area contributed by atoms with E-state index >= 15 is 0 Å². The highest BCUT2D eigenvalue weighted by atomic mass is 16.5. The van der Waals surface area contributed by atoms with E-state index < -0.39 is 6.10 Å². The molecule has 0 bridgehead atoms. The lowest BCUT2D eigenvalue weighted by atomic mass is 9.97. The smallest absolute Gasteiger partial charge is 0.260 e. The molecule has 1 aliphatic heterocycles. The normalized spacial score (nSPS) is 20.2. The van der Waals surface area contributed by atoms with Crippen LogP contribution in [0.3, 0.4) is 0 Å². The number of hydrogen-bond donors (Lipinski definition) is 2. The van der Waals surface area contributed by atoms with Crippen molar-refractivity contribution in [1.82, 2.24) is 10.2 Å². The number of carbonyl (C=O) groups excluding carboxylic acids is 2. The topological polar surface area (TPSA) is 92.0 Å². The van der Waals surface area contributed by atoms with Crippen LogP contribution in [0.1, 0.15) is 55.3 Å². The van der Waals surface area contributed by atoms with Gasteiger partial charge in [-0.25, -0.2) is 0 Å². The van der Waals surface area contributed by atoms with Gasteiger partial charge in [-0.3, -0.25) is 9.59 Å². The van der Waals surface area contributed by atoms with E-state index in [1.165, 1.54) is 6.26 Å². The Kier molecular flexibility index (Phi) is 6.93. The molecule has 29 heavy (non-hydrogen) atoms. The molecule has 2 aromatic rings. The Morgan fingerprint density at radius 3 is 2.52 bits per heavy atom. The van der Waals surface area contributed by atoms with Crippen LogP contribution < -0.4 is 10.1 Å². The molecule has 1 aromatic heterocycles. The van der Waals surface area contributed by atoms with Gasteiger partial charge in [0, 0.05) is 17.6 Å². The number of benzene rings is 1. The fourth-order valence-corrected chi connectivity index (χ4v) is 3.71. The van der Waals surface area contributed by atoms with E-state index in [0.29, 0.717) is 17.1 Å². The van der Waals surface area contributed by atoms with Gasteiger partial charge in [0.15, 0.2) is 6.61 Å². The van der Waals surface area contributed by atoms with Crippen LogP contribution in [0.25, 0.3) is 0 Å². The predicted octanol–water partition coefficient (Wildman–Crippen LogP) is 2.91. The minimum Gasteiger partial charge on any atom is -0.484 e. The van der Waals surface area contributed by atoms with Crippen molar-refractivity contribution in [2.45, 2.75) is 51.3 Å². The number of hydrogen-bond acceptors (Lipinski definition) is 5. The number of carbonyl (C=O) groups is 2. The lowest BCUT2D eigenvalue weighted by Gasteiger charge is -2.38. The molecule has 0 radical (unpaired) electrons. The number of amides is 2. The zero-order valence-electron chi connectivity index (χ0n) is 16.8. The quantitative estimate of drug-likeness (QED) is 0.746. The van der Waals surface area contributed by atoms with Crippen LogP contribution in [-0.4, -0.2) is 47.1 Å². The average Bonchev–Trinajstić information content (AvgIpc) is 3.25. The molecule has 3 atom stereocenters. The third-order valence-corrected chi connectivity index (χ3v) is 5.29. The Labute approximate surface area is 170 Å². The molecule has 0 spiro atoms. The zero-order valence-corrected chi connectivity index (χ0v) is 16.8. The van der Waals surface area contributed by atoms with Crippen molar-refractivity contribution in [3.8, 4) is 5.75 Å². The number of rotatable bonds is 7. The maximum atomic E-state index is 12.5. The van der Waals surface area contributed by atoms with Crippen molar-refractivity contribution >= 4 is 11.8 Å². The number of aliphatic hydroxyl groups excluding tert-OH is 1. The molecule has 2 amide bonds. The second kappa shape index (κ2) is 9.60. The predicted molar refractivity (Wildman–Crippen MR) is 108 cm³/mol. The molecule has 7 nitrogen and oxygen atoms in total. The Bertz CT molecular complexity index is 793. The summed E-state index contributed by atoms with van der Waals surface area (Å²) in [4.78, 5) is 26.7. The summed E-state index contributed by atoms with van der Waals surface area (Å²) in [5, 5.41) is 12.6. The lowest BCUT2D eigenvalue weighted by molar-refractivity contribution is -0.139. The maximum absolute atomic E-state index is 12.5. The first-order valence-corrected chi connectivity index (χ1v) is 9.99. The van der Waals surface area contributed by atoms with Gasteiger partial charge >= 0.3 is 0 Å². The van der Waals surface area contributed by atoms with Gasteiger partial charge in [-0.1, -0.05) is 0 Å². The second-order valence-corrected chi connectivity index (χ2v) is 7.48. The molecular formula is C22H28N2O5. The third-order valence-electron chi connectivity index (χ3n) is 5.29. The molecule has 7 heteroatoms. The fourth-order valence-electron chi connectivity index (χ4n) is 3.71. The molecule has 0 saturated carbocycles. The number of piperidine rings is 1. The minimum atomic E-state index is -0.901. The van der Waals surface area contributed by atoms with E-state index in [1.54, 1.807) is 36.4 Å². The molecule has 3 unspecified atom stereocenters. The van der Waals surface area contributed by atoms with E-state index in [0.717, 1.165) is 19.3 Å².